The predicted molar refractivity (Wildman–Crippen MR) is 204 cm³/mol. The van der Waals surface area contributed by atoms with Crippen molar-refractivity contribution in [1.82, 2.24) is 0 Å². The van der Waals surface area contributed by atoms with Crippen molar-refractivity contribution in [1.29, 1.82) is 10.5 Å². The van der Waals surface area contributed by atoms with Crippen LogP contribution < -0.4 is 0 Å². The Morgan fingerprint density at radius 1 is 0.400 bits per heavy atom. The van der Waals surface area contributed by atoms with Crippen LogP contribution in [0.3, 0.4) is 0 Å². The third kappa shape index (κ3) is 3.55. The number of nitriles is 2. The minimum atomic E-state index is 0.403. The molecule has 0 amide bonds. The van der Waals surface area contributed by atoms with Crippen LogP contribution in [0.15, 0.2) is 121 Å². The summed E-state index contributed by atoms with van der Waals surface area (Å²) >= 11 is 0. The fourth-order valence-corrected chi connectivity index (χ4v) is 8.50. The minimum absolute atomic E-state index is 0.403. The number of hydrogen-bond acceptors (Lipinski definition) is 2. The highest BCUT2D eigenvalue weighted by atomic mass is 14.6. The molecule has 50 heavy (non-hydrogen) atoms. The molecule has 4 heteroatoms. The molecule has 0 saturated heterocycles. The summed E-state index contributed by atoms with van der Waals surface area (Å²) in [6.45, 7) is 15.9. The zero-order valence-corrected chi connectivity index (χ0v) is 26.3. The number of rotatable bonds is 2. The van der Waals surface area contributed by atoms with Crippen LogP contribution in [0.5, 0.6) is 0 Å². The van der Waals surface area contributed by atoms with Crippen molar-refractivity contribution in [3.8, 4) is 34.4 Å². The van der Waals surface area contributed by atoms with Gasteiger partial charge in [0.05, 0.1) is 25.3 Å². The molecular formula is C46H20N4. The van der Waals surface area contributed by atoms with Crippen molar-refractivity contribution in [2.75, 3.05) is 0 Å². The lowest BCUT2D eigenvalue weighted by molar-refractivity contribution is 1.49. The van der Waals surface area contributed by atoms with Crippen molar-refractivity contribution >= 4 is 86.8 Å². The van der Waals surface area contributed by atoms with Crippen molar-refractivity contribution in [2.45, 2.75) is 0 Å². The van der Waals surface area contributed by atoms with E-state index in [4.69, 9.17) is 13.1 Å². The second-order valence-electron chi connectivity index (χ2n) is 12.8. The summed E-state index contributed by atoms with van der Waals surface area (Å²) in [6.07, 6.45) is 0. The van der Waals surface area contributed by atoms with Gasteiger partial charge in [0, 0.05) is 11.1 Å². The maximum atomic E-state index is 10.1. The molecule has 0 aliphatic carbocycles. The zero-order chi connectivity index (χ0) is 33.7. The molecule has 0 aliphatic heterocycles. The van der Waals surface area contributed by atoms with Crippen molar-refractivity contribution in [2.24, 2.45) is 0 Å². The summed E-state index contributed by atoms with van der Waals surface area (Å²) in [7, 11) is 0. The van der Waals surface area contributed by atoms with Gasteiger partial charge in [-0.3, -0.25) is 0 Å². The molecule has 10 rings (SSSR count). The van der Waals surface area contributed by atoms with Gasteiger partial charge < -0.3 is 0 Å². The molecule has 0 unspecified atom stereocenters. The molecule has 0 bridgehead atoms. The van der Waals surface area contributed by atoms with Crippen LogP contribution in [0, 0.1) is 35.8 Å². The topological polar surface area (TPSA) is 56.3 Å². The van der Waals surface area contributed by atoms with E-state index in [9.17, 15) is 10.5 Å². The van der Waals surface area contributed by atoms with Crippen LogP contribution in [0.2, 0.25) is 0 Å². The monoisotopic (exact) mass is 628 g/mol. The zero-order valence-electron chi connectivity index (χ0n) is 26.3. The highest BCUT2D eigenvalue weighted by Gasteiger charge is 2.27. The second kappa shape index (κ2) is 10.0. The van der Waals surface area contributed by atoms with Gasteiger partial charge in [0.25, 0.3) is 0 Å². The van der Waals surface area contributed by atoms with Crippen LogP contribution in [0.25, 0.3) is 107 Å². The lowest BCUT2D eigenvalue weighted by Crippen LogP contribution is -1.92. The summed E-state index contributed by atoms with van der Waals surface area (Å²) in [6, 6.07) is 45.5. The Kier molecular flexibility index (Phi) is 5.52. The largest absolute Gasteiger partial charge is 0.238 e. The van der Waals surface area contributed by atoms with Crippen LogP contribution in [-0.4, -0.2) is 0 Å². The molecule has 4 nitrogen and oxygen atoms in total. The van der Waals surface area contributed by atoms with Gasteiger partial charge in [-0.25, -0.2) is 9.69 Å². The fraction of sp³-hybridized carbons (Fsp3) is 0. The first-order valence-corrected chi connectivity index (χ1v) is 16.2. The third-order valence-corrected chi connectivity index (χ3v) is 10.3. The quantitative estimate of drug-likeness (QED) is 0.141. The molecule has 0 aliphatic rings. The Morgan fingerprint density at radius 2 is 0.900 bits per heavy atom. The van der Waals surface area contributed by atoms with E-state index in [-0.39, 0.29) is 0 Å². The number of nitrogens with zero attached hydrogens (tertiary/aromatic N) is 4. The van der Waals surface area contributed by atoms with Gasteiger partial charge in [-0.2, -0.15) is 10.5 Å². The first kappa shape index (κ1) is 27.6. The van der Waals surface area contributed by atoms with Crippen molar-refractivity contribution in [3.05, 3.63) is 155 Å². The van der Waals surface area contributed by atoms with E-state index in [0.29, 0.717) is 22.5 Å². The first-order valence-electron chi connectivity index (χ1n) is 16.2. The van der Waals surface area contributed by atoms with E-state index in [1.54, 1.807) is 12.1 Å². The smallest absolute Gasteiger partial charge is 0.189 e. The summed E-state index contributed by atoms with van der Waals surface area (Å²) in [5.74, 6) is 0. The molecule has 0 N–H and O–H groups in total. The highest BCUT2D eigenvalue weighted by molar-refractivity contribution is 6.44. The Bertz CT molecular complexity index is 3240. The standard InChI is InChI=1S/C46H20N4/c1-49-30-18-25(23-47)16-28(20-30)41-39-22-38-33-11-4-3-10-32(33)34-12-7-15-37(43(34)38)44(39)42(29-17-26(24-48)19-31(21-29)50-2)46-36-14-6-9-27-8-5-13-35(40(27)36)45(41)46/h3-22H. The Morgan fingerprint density at radius 3 is 1.50 bits per heavy atom. The molecule has 0 atom stereocenters. The lowest BCUT2D eigenvalue weighted by atomic mass is 9.83. The maximum absolute atomic E-state index is 10.1. The van der Waals surface area contributed by atoms with Crippen LogP contribution in [-0.2, 0) is 0 Å². The summed E-state index contributed by atoms with van der Waals surface area (Å²) < 4.78 is 0. The molecule has 0 saturated carbocycles. The van der Waals surface area contributed by atoms with Gasteiger partial charge in [0.1, 0.15) is 0 Å². The molecular weight excluding hydrogens is 609 g/mol. The average molecular weight is 629 g/mol. The second-order valence-corrected chi connectivity index (χ2v) is 12.8. The fourth-order valence-electron chi connectivity index (χ4n) is 8.50. The Balaban J connectivity index is 1.60. The Labute approximate surface area is 286 Å². The van der Waals surface area contributed by atoms with Gasteiger partial charge in [0.15, 0.2) is 11.4 Å². The van der Waals surface area contributed by atoms with E-state index in [0.717, 1.165) is 86.9 Å². The summed E-state index contributed by atoms with van der Waals surface area (Å²) in [4.78, 5) is 7.57. The average Bonchev–Trinajstić information content (AvgIpc) is 3.68. The maximum Gasteiger partial charge on any atom is 0.189 e. The van der Waals surface area contributed by atoms with E-state index in [1.807, 2.05) is 24.3 Å². The molecule has 0 spiro atoms. The van der Waals surface area contributed by atoms with E-state index in [2.05, 4.69) is 107 Å². The molecule has 0 aromatic heterocycles. The first-order chi connectivity index (χ1) is 24.6. The molecule has 224 valence electrons. The van der Waals surface area contributed by atoms with Crippen LogP contribution >= 0.6 is 0 Å². The lowest BCUT2D eigenvalue weighted by Gasteiger charge is -2.20. The van der Waals surface area contributed by atoms with Crippen molar-refractivity contribution < 1.29 is 0 Å². The van der Waals surface area contributed by atoms with E-state index in [1.165, 1.54) is 10.8 Å². The van der Waals surface area contributed by atoms with E-state index >= 15 is 0 Å². The summed E-state index contributed by atoms with van der Waals surface area (Å²) in [5, 5.41) is 35.6. The molecule has 10 aromatic carbocycles. The molecule has 10 aromatic rings. The molecule has 0 heterocycles. The van der Waals surface area contributed by atoms with Gasteiger partial charge >= 0.3 is 0 Å². The third-order valence-electron chi connectivity index (χ3n) is 10.3. The van der Waals surface area contributed by atoms with Gasteiger partial charge in [-0.05, 0) is 140 Å². The molecule has 0 radical (unpaired) electrons. The van der Waals surface area contributed by atoms with E-state index < -0.39 is 0 Å². The number of fused-ring (bicyclic) bond motifs is 8. The minimum Gasteiger partial charge on any atom is -0.238 e. The molecule has 0 fully saturated rings. The van der Waals surface area contributed by atoms with Crippen molar-refractivity contribution in [3.63, 3.8) is 0 Å². The number of benzene rings is 8. The van der Waals surface area contributed by atoms with Crippen LogP contribution in [0.1, 0.15) is 11.1 Å². The summed E-state index contributed by atoms with van der Waals surface area (Å²) in [5.41, 5.74) is 5.18. The predicted octanol–water partition coefficient (Wildman–Crippen LogP) is 12.8. The normalized spacial score (nSPS) is 11.5. The van der Waals surface area contributed by atoms with Crippen LogP contribution in [0.4, 0.5) is 11.4 Å². The highest BCUT2D eigenvalue weighted by Crippen LogP contribution is 2.55. The van der Waals surface area contributed by atoms with Gasteiger partial charge in [-0.15, -0.1) is 0 Å². The number of hydrogen-bond donors (Lipinski definition) is 0. The Hall–Kier alpha value is -7.50. The van der Waals surface area contributed by atoms with Gasteiger partial charge in [-0.1, -0.05) is 78.9 Å². The SMILES string of the molecule is [C-]#[N+]c1cc(C#N)cc(-c2c3cc4c5ccccc5c5cccc(c3c(-c3cc(C#N)cc([N+]#[C-])c3)c3c6cccc7cccc(c23)c76)c54)c1. The van der Waals surface area contributed by atoms with Gasteiger partial charge in [0.2, 0.25) is 0 Å².